The molecule has 0 saturated carbocycles. The summed E-state index contributed by atoms with van der Waals surface area (Å²) in [6.45, 7) is 8.09. The molecule has 1 heterocycles. The Morgan fingerprint density at radius 2 is 1.70 bits per heavy atom. The maximum atomic E-state index is 12.5. The van der Waals surface area contributed by atoms with Crippen molar-refractivity contribution in [3.63, 3.8) is 0 Å². The molecule has 1 aliphatic rings. The molecule has 4 atom stereocenters. The molecule has 0 bridgehead atoms. The molecule has 4 unspecified atom stereocenters. The van der Waals surface area contributed by atoms with Crippen LogP contribution in [0.1, 0.15) is 32.4 Å². The molecular weight excluding hydrogens is 272 g/mol. The second-order valence-electron chi connectivity index (χ2n) is 5.92. The summed E-state index contributed by atoms with van der Waals surface area (Å²) in [5.41, 5.74) is 7.26. The fourth-order valence-electron chi connectivity index (χ4n) is 2.72. The van der Waals surface area contributed by atoms with Crippen LogP contribution in [0.25, 0.3) is 0 Å². The molecule has 4 heteroatoms. The molecule has 1 amide bonds. The first-order chi connectivity index (χ1) is 9.00. The van der Waals surface area contributed by atoms with Gasteiger partial charge in [-0.15, -0.1) is 12.4 Å². The van der Waals surface area contributed by atoms with Crippen LogP contribution in [0.2, 0.25) is 0 Å². The van der Waals surface area contributed by atoms with Gasteiger partial charge in [-0.25, -0.2) is 0 Å². The molecule has 0 spiro atoms. The second kappa shape index (κ2) is 7.09. The van der Waals surface area contributed by atoms with Gasteiger partial charge in [0.1, 0.15) is 0 Å². The van der Waals surface area contributed by atoms with Gasteiger partial charge in [-0.05, 0) is 17.4 Å². The van der Waals surface area contributed by atoms with Crippen LogP contribution in [0.3, 0.4) is 0 Å². The normalized spacial score (nSPS) is 24.9. The third kappa shape index (κ3) is 3.53. The monoisotopic (exact) mass is 296 g/mol. The summed E-state index contributed by atoms with van der Waals surface area (Å²) < 4.78 is 0. The van der Waals surface area contributed by atoms with Crippen molar-refractivity contribution >= 4 is 18.3 Å². The van der Waals surface area contributed by atoms with Gasteiger partial charge >= 0.3 is 0 Å². The van der Waals surface area contributed by atoms with E-state index in [0.29, 0.717) is 11.8 Å². The lowest BCUT2D eigenvalue weighted by molar-refractivity contribution is -0.134. The van der Waals surface area contributed by atoms with Crippen LogP contribution in [0, 0.1) is 17.8 Å². The molecule has 1 aromatic carbocycles. The van der Waals surface area contributed by atoms with E-state index in [1.165, 1.54) is 0 Å². The van der Waals surface area contributed by atoms with Gasteiger partial charge in [-0.3, -0.25) is 4.79 Å². The summed E-state index contributed by atoms with van der Waals surface area (Å²) in [6.07, 6.45) is 0. The molecule has 0 aliphatic carbocycles. The minimum absolute atomic E-state index is 0. The molecule has 0 radical (unpaired) electrons. The van der Waals surface area contributed by atoms with Crippen molar-refractivity contribution in [2.45, 2.75) is 26.8 Å². The molecule has 0 aromatic heterocycles. The molecule has 1 fully saturated rings. The van der Waals surface area contributed by atoms with E-state index >= 15 is 0 Å². The Morgan fingerprint density at radius 1 is 1.20 bits per heavy atom. The highest BCUT2D eigenvalue weighted by Gasteiger charge is 2.33. The average molecular weight is 297 g/mol. The molecular formula is C16H25ClN2O. The Hall–Kier alpha value is -1.06. The molecule has 1 aliphatic heterocycles. The standard InChI is InChI=1S/C16H24N2O.ClH/c1-11-9-18(10-12(11)2)16(19)13(3)15(17)14-7-5-4-6-8-14;/h4-8,11-13,15H,9-10,17H2,1-3H3;1H. The van der Waals surface area contributed by atoms with E-state index < -0.39 is 0 Å². The number of carbonyl (C=O) groups excluding carboxylic acids is 1. The van der Waals surface area contributed by atoms with Crippen LogP contribution >= 0.6 is 12.4 Å². The number of halogens is 1. The largest absolute Gasteiger partial charge is 0.342 e. The highest BCUT2D eigenvalue weighted by Crippen LogP contribution is 2.27. The summed E-state index contributed by atoms with van der Waals surface area (Å²) >= 11 is 0. The summed E-state index contributed by atoms with van der Waals surface area (Å²) in [5.74, 6) is 1.20. The quantitative estimate of drug-likeness (QED) is 0.932. The van der Waals surface area contributed by atoms with Crippen LogP contribution in [-0.2, 0) is 4.79 Å². The maximum Gasteiger partial charge on any atom is 0.227 e. The van der Waals surface area contributed by atoms with Crippen LogP contribution in [0.15, 0.2) is 30.3 Å². The van der Waals surface area contributed by atoms with Crippen molar-refractivity contribution in [1.82, 2.24) is 4.90 Å². The minimum Gasteiger partial charge on any atom is -0.342 e. The van der Waals surface area contributed by atoms with Crippen molar-refractivity contribution in [3.8, 4) is 0 Å². The van der Waals surface area contributed by atoms with Crippen LogP contribution in [0.4, 0.5) is 0 Å². The van der Waals surface area contributed by atoms with Gasteiger partial charge in [0.05, 0.1) is 5.92 Å². The zero-order valence-electron chi connectivity index (χ0n) is 12.5. The van der Waals surface area contributed by atoms with Gasteiger partial charge in [0.25, 0.3) is 0 Å². The van der Waals surface area contributed by atoms with Crippen LogP contribution in [0.5, 0.6) is 0 Å². The Kier molecular flexibility index (Phi) is 6.03. The summed E-state index contributed by atoms with van der Waals surface area (Å²) in [4.78, 5) is 14.5. The van der Waals surface area contributed by atoms with E-state index in [-0.39, 0.29) is 30.3 Å². The first-order valence-corrected chi connectivity index (χ1v) is 7.10. The van der Waals surface area contributed by atoms with Crippen molar-refractivity contribution < 1.29 is 4.79 Å². The zero-order chi connectivity index (χ0) is 14.0. The molecule has 20 heavy (non-hydrogen) atoms. The number of benzene rings is 1. The maximum absolute atomic E-state index is 12.5. The number of hydrogen-bond acceptors (Lipinski definition) is 2. The second-order valence-corrected chi connectivity index (χ2v) is 5.92. The van der Waals surface area contributed by atoms with Gasteiger partial charge in [0, 0.05) is 19.1 Å². The molecule has 1 saturated heterocycles. The van der Waals surface area contributed by atoms with E-state index in [2.05, 4.69) is 13.8 Å². The van der Waals surface area contributed by atoms with Crippen molar-refractivity contribution in [1.29, 1.82) is 0 Å². The molecule has 3 nitrogen and oxygen atoms in total. The lowest BCUT2D eigenvalue weighted by Gasteiger charge is -2.25. The SMILES string of the molecule is CC1CN(C(=O)C(C)C(N)c2ccccc2)CC1C.Cl. The fourth-order valence-corrected chi connectivity index (χ4v) is 2.72. The van der Waals surface area contributed by atoms with Crippen molar-refractivity contribution in [2.24, 2.45) is 23.5 Å². The molecule has 2 rings (SSSR count). The highest BCUT2D eigenvalue weighted by atomic mass is 35.5. The topological polar surface area (TPSA) is 46.3 Å². The number of nitrogens with two attached hydrogens (primary N) is 1. The van der Waals surface area contributed by atoms with Crippen molar-refractivity contribution in [3.05, 3.63) is 35.9 Å². The third-order valence-electron chi connectivity index (χ3n) is 4.41. The van der Waals surface area contributed by atoms with Gasteiger partial charge in [0.15, 0.2) is 0 Å². The Labute approximate surface area is 127 Å². The van der Waals surface area contributed by atoms with E-state index in [9.17, 15) is 4.79 Å². The molecule has 1 aromatic rings. The van der Waals surface area contributed by atoms with E-state index in [1.54, 1.807) is 0 Å². The summed E-state index contributed by atoms with van der Waals surface area (Å²) in [6, 6.07) is 9.65. The molecule has 112 valence electrons. The van der Waals surface area contributed by atoms with Gasteiger partial charge in [0.2, 0.25) is 5.91 Å². The van der Waals surface area contributed by atoms with Crippen molar-refractivity contribution in [2.75, 3.05) is 13.1 Å². The van der Waals surface area contributed by atoms with E-state index in [1.807, 2.05) is 42.2 Å². The van der Waals surface area contributed by atoms with E-state index in [0.717, 1.165) is 18.7 Å². The number of amides is 1. The zero-order valence-corrected chi connectivity index (χ0v) is 13.3. The number of rotatable bonds is 3. The first-order valence-electron chi connectivity index (χ1n) is 7.10. The summed E-state index contributed by atoms with van der Waals surface area (Å²) in [7, 11) is 0. The van der Waals surface area contributed by atoms with Crippen LogP contribution < -0.4 is 5.73 Å². The predicted molar refractivity (Wildman–Crippen MR) is 84.7 cm³/mol. The Bertz CT molecular complexity index is 427. The number of likely N-dealkylation sites (tertiary alicyclic amines) is 1. The third-order valence-corrected chi connectivity index (χ3v) is 4.41. The van der Waals surface area contributed by atoms with E-state index in [4.69, 9.17) is 5.73 Å². The van der Waals surface area contributed by atoms with Gasteiger partial charge in [-0.2, -0.15) is 0 Å². The highest BCUT2D eigenvalue weighted by molar-refractivity contribution is 5.85. The number of hydrogen-bond donors (Lipinski definition) is 1. The first kappa shape index (κ1) is 17.0. The van der Waals surface area contributed by atoms with Gasteiger partial charge in [-0.1, -0.05) is 51.1 Å². The number of nitrogens with zero attached hydrogens (tertiary/aromatic N) is 1. The predicted octanol–water partition coefficient (Wildman–Crippen LogP) is 2.86. The number of carbonyl (C=O) groups is 1. The summed E-state index contributed by atoms with van der Waals surface area (Å²) in [5, 5.41) is 0. The lowest BCUT2D eigenvalue weighted by Crippen LogP contribution is -2.38. The Morgan fingerprint density at radius 3 is 2.20 bits per heavy atom. The smallest absolute Gasteiger partial charge is 0.227 e. The Balaban J connectivity index is 0.00000200. The lowest BCUT2D eigenvalue weighted by atomic mass is 9.94. The van der Waals surface area contributed by atoms with Gasteiger partial charge < -0.3 is 10.6 Å². The van der Waals surface area contributed by atoms with Crippen LogP contribution in [-0.4, -0.2) is 23.9 Å². The fraction of sp³-hybridized carbons (Fsp3) is 0.562. The minimum atomic E-state index is -0.222. The average Bonchev–Trinajstić information content (AvgIpc) is 2.77. The molecule has 2 N–H and O–H groups in total.